The average molecular weight is 467 g/mol. The van der Waals surface area contributed by atoms with Gasteiger partial charge in [0.1, 0.15) is 5.75 Å². The number of nitrogens with one attached hydrogen (secondary N) is 1. The maximum Gasteiger partial charge on any atom is 0.229 e. The molecule has 0 bridgehead atoms. The number of carbonyl (C=O) groups is 2. The van der Waals surface area contributed by atoms with Gasteiger partial charge in [-0.3, -0.25) is 14.5 Å². The molecule has 4 aliphatic rings. The molecular formula is C29H42N2O3. The number of aryl methyl sites for hydroxylation is 2. The Morgan fingerprint density at radius 1 is 0.882 bits per heavy atom. The summed E-state index contributed by atoms with van der Waals surface area (Å²) in [7, 11) is 1.78. The van der Waals surface area contributed by atoms with Crippen molar-refractivity contribution >= 4 is 11.8 Å². The van der Waals surface area contributed by atoms with Gasteiger partial charge in [0.05, 0.1) is 7.11 Å². The molecule has 186 valence electrons. The smallest absolute Gasteiger partial charge is 0.229 e. The lowest BCUT2D eigenvalue weighted by atomic mass is 9.60. The van der Waals surface area contributed by atoms with E-state index in [9.17, 15) is 9.59 Å². The Bertz CT molecular complexity index is 897. The summed E-state index contributed by atoms with van der Waals surface area (Å²) < 4.78 is 5.54. The summed E-state index contributed by atoms with van der Waals surface area (Å²) in [5.41, 5.74) is 4.64. The number of benzene rings is 1. The minimum Gasteiger partial charge on any atom is -0.497 e. The van der Waals surface area contributed by atoms with Gasteiger partial charge in [-0.15, -0.1) is 0 Å². The first-order chi connectivity index (χ1) is 16.6. The van der Waals surface area contributed by atoms with Crippen molar-refractivity contribution in [3.05, 3.63) is 28.8 Å². The van der Waals surface area contributed by atoms with E-state index in [2.05, 4.69) is 24.4 Å². The summed E-state index contributed by atoms with van der Waals surface area (Å²) in [5.74, 6) is 4.42. The monoisotopic (exact) mass is 466 g/mol. The van der Waals surface area contributed by atoms with E-state index >= 15 is 0 Å². The predicted octanol–water partition coefficient (Wildman–Crippen LogP) is 5.14. The summed E-state index contributed by atoms with van der Waals surface area (Å²) in [4.78, 5) is 24.9. The van der Waals surface area contributed by atoms with E-state index in [1.807, 2.05) is 0 Å². The van der Waals surface area contributed by atoms with Crippen LogP contribution in [0, 0.1) is 24.7 Å². The first-order valence-electron chi connectivity index (χ1n) is 13.8. The van der Waals surface area contributed by atoms with Crippen LogP contribution < -0.4 is 10.1 Å². The minimum atomic E-state index is 0.0218. The van der Waals surface area contributed by atoms with Crippen LogP contribution in [0.15, 0.2) is 12.1 Å². The number of unbranched alkanes of at least 4 members (excludes halogenated alkanes) is 3. The molecule has 5 nitrogen and oxygen atoms in total. The standard InChI is InChI=1S/C29H42N2O3/c1-19-17-21(34-2)18-20-7-8-23-22-11-12-26(24(22)9-10-25(23)29(19)20)30-15-5-3-4-6-16-31-27(32)13-14-28(31)33/h17-18,22-26,30H,3-16H2,1-2H3. The summed E-state index contributed by atoms with van der Waals surface area (Å²) in [6, 6.07) is 5.24. The third-order valence-corrected chi connectivity index (χ3v) is 9.42. The van der Waals surface area contributed by atoms with Gasteiger partial charge in [-0.25, -0.2) is 0 Å². The molecule has 0 radical (unpaired) electrons. The average Bonchev–Trinajstić information content (AvgIpc) is 3.40. The number of amides is 2. The van der Waals surface area contributed by atoms with Crippen LogP contribution in [0.25, 0.3) is 0 Å². The molecule has 0 aromatic heterocycles. The topological polar surface area (TPSA) is 58.6 Å². The Morgan fingerprint density at radius 3 is 2.44 bits per heavy atom. The van der Waals surface area contributed by atoms with Crippen LogP contribution in [0.2, 0.25) is 0 Å². The lowest BCUT2D eigenvalue weighted by Gasteiger charge is -2.46. The van der Waals surface area contributed by atoms with Gasteiger partial charge in [-0.1, -0.05) is 12.8 Å². The Balaban J connectivity index is 1.07. The summed E-state index contributed by atoms with van der Waals surface area (Å²) in [6.45, 7) is 4.01. The number of likely N-dealkylation sites (tertiary alicyclic amines) is 1. The lowest BCUT2D eigenvalue weighted by Crippen LogP contribution is -2.41. The van der Waals surface area contributed by atoms with Crippen molar-refractivity contribution in [1.29, 1.82) is 0 Å². The number of nitrogens with zero attached hydrogens (tertiary/aromatic N) is 1. The number of methoxy groups -OCH3 is 1. The molecule has 1 aromatic carbocycles. The number of carbonyl (C=O) groups excluding carboxylic acids is 2. The Labute approximate surface area is 205 Å². The van der Waals surface area contributed by atoms with E-state index in [0.717, 1.165) is 48.8 Å². The van der Waals surface area contributed by atoms with Crippen LogP contribution in [0.3, 0.4) is 0 Å². The molecule has 3 aliphatic carbocycles. The Hall–Kier alpha value is -1.88. The Morgan fingerprint density at radius 2 is 1.65 bits per heavy atom. The number of hydrogen-bond donors (Lipinski definition) is 1. The van der Waals surface area contributed by atoms with Gasteiger partial charge in [0.15, 0.2) is 0 Å². The normalized spacial score (nSPS) is 30.3. The lowest BCUT2D eigenvalue weighted by molar-refractivity contribution is -0.138. The zero-order valence-corrected chi connectivity index (χ0v) is 21.1. The maximum absolute atomic E-state index is 11.7. The van der Waals surface area contributed by atoms with Crippen LogP contribution >= 0.6 is 0 Å². The SMILES string of the molecule is COc1cc(C)c2c(c1)CCC1C2CCC2C(NCCCCCCN3C(=O)CCC3=O)CCC21. The van der Waals surface area contributed by atoms with Crippen LogP contribution in [0.5, 0.6) is 5.75 Å². The van der Waals surface area contributed by atoms with Crippen molar-refractivity contribution in [2.45, 2.75) is 95.9 Å². The third kappa shape index (κ3) is 4.65. The van der Waals surface area contributed by atoms with Gasteiger partial charge < -0.3 is 10.1 Å². The molecule has 1 saturated heterocycles. The highest BCUT2D eigenvalue weighted by molar-refractivity contribution is 6.01. The molecule has 1 N–H and O–H groups in total. The molecule has 2 amide bonds. The molecule has 5 heteroatoms. The van der Waals surface area contributed by atoms with E-state index in [-0.39, 0.29) is 11.8 Å². The molecule has 0 spiro atoms. The van der Waals surface area contributed by atoms with Gasteiger partial charge in [-0.2, -0.15) is 0 Å². The van der Waals surface area contributed by atoms with Crippen molar-refractivity contribution < 1.29 is 14.3 Å². The predicted molar refractivity (Wildman–Crippen MR) is 134 cm³/mol. The summed E-state index contributed by atoms with van der Waals surface area (Å²) >= 11 is 0. The maximum atomic E-state index is 11.7. The summed E-state index contributed by atoms with van der Waals surface area (Å²) in [5, 5.41) is 3.93. The second-order valence-electron chi connectivity index (χ2n) is 11.2. The first-order valence-corrected chi connectivity index (χ1v) is 13.8. The highest BCUT2D eigenvalue weighted by Crippen LogP contribution is 2.55. The highest BCUT2D eigenvalue weighted by Gasteiger charge is 2.47. The number of hydrogen-bond acceptors (Lipinski definition) is 4. The molecule has 1 aromatic rings. The van der Waals surface area contributed by atoms with E-state index in [1.165, 1.54) is 61.8 Å². The van der Waals surface area contributed by atoms with Gasteiger partial charge in [0, 0.05) is 25.4 Å². The van der Waals surface area contributed by atoms with E-state index in [1.54, 1.807) is 18.2 Å². The van der Waals surface area contributed by atoms with E-state index in [0.29, 0.717) is 25.4 Å². The largest absolute Gasteiger partial charge is 0.497 e. The first kappa shape index (κ1) is 23.8. The highest BCUT2D eigenvalue weighted by atomic mass is 16.5. The molecule has 1 heterocycles. The van der Waals surface area contributed by atoms with Gasteiger partial charge in [0.2, 0.25) is 11.8 Å². The zero-order valence-electron chi connectivity index (χ0n) is 21.1. The van der Waals surface area contributed by atoms with Crippen molar-refractivity contribution in [3.63, 3.8) is 0 Å². The fourth-order valence-corrected chi connectivity index (χ4v) is 7.88. The van der Waals surface area contributed by atoms with Gasteiger partial charge >= 0.3 is 0 Å². The van der Waals surface area contributed by atoms with Gasteiger partial charge in [-0.05, 0) is 117 Å². The van der Waals surface area contributed by atoms with E-state index < -0.39 is 0 Å². The second-order valence-corrected chi connectivity index (χ2v) is 11.2. The van der Waals surface area contributed by atoms with Crippen LogP contribution in [-0.2, 0) is 16.0 Å². The quantitative estimate of drug-likeness (QED) is 0.405. The second kappa shape index (κ2) is 10.4. The summed E-state index contributed by atoms with van der Waals surface area (Å²) in [6.07, 6.45) is 13.2. The number of ether oxygens (including phenoxy) is 1. The van der Waals surface area contributed by atoms with E-state index in [4.69, 9.17) is 4.74 Å². The van der Waals surface area contributed by atoms with Crippen LogP contribution in [-0.4, -0.2) is 43.0 Å². The molecule has 1 aliphatic heterocycles. The molecule has 2 saturated carbocycles. The van der Waals surface area contributed by atoms with Gasteiger partial charge in [0.25, 0.3) is 0 Å². The molecule has 34 heavy (non-hydrogen) atoms. The molecular weight excluding hydrogens is 424 g/mol. The third-order valence-electron chi connectivity index (χ3n) is 9.42. The van der Waals surface area contributed by atoms with Crippen LogP contribution in [0.4, 0.5) is 0 Å². The van der Waals surface area contributed by atoms with Crippen molar-refractivity contribution in [3.8, 4) is 5.75 Å². The van der Waals surface area contributed by atoms with Crippen LogP contribution in [0.1, 0.15) is 93.2 Å². The number of imide groups is 1. The fraction of sp³-hybridized carbons (Fsp3) is 0.724. The van der Waals surface area contributed by atoms with Crippen molar-refractivity contribution in [2.75, 3.05) is 20.2 Å². The number of fused-ring (bicyclic) bond motifs is 5. The number of rotatable bonds is 9. The van der Waals surface area contributed by atoms with Crippen molar-refractivity contribution in [1.82, 2.24) is 10.2 Å². The fourth-order valence-electron chi connectivity index (χ4n) is 7.88. The molecule has 5 rings (SSSR count). The minimum absolute atomic E-state index is 0.0218. The van der Waals surface area contributed by atoms with Crippen molar-refractivity contribution in [2.24, 2.45) is 17.8 Å². The zero-order chi connectivity index (χ0) is 23.7. The molecule has 5 atom stereocenters. The Kier molecular flexibility index (Phi) is 7.29. The molecule has 3 fully saturated rings. The molecule has 5 unspecified atom stereocenters.